The summed E-state index contributed by atoms with van der Waals surface area (Å²) in [7, 11) is 0. The number of nitrogens with zero attached hydrogens (tertiary/aromatic N) is 2. The van der Waals surface area contributed by atoms with Crippen molar-refractivity contribution in [2.75, 3.05) is 0 Å². The van der Waals surface area contributed by atoms with Gasteiger partial charge in [0.2, 0.25) is 0 Å². The number of hydrogen-bond donors (Lipinski definition) is 1. The fraction of sp³-hybridized carbons (Fsp3) is 0.0909. The first-order valence-electron chi connectivity index (χ1n) is 4.73. The van der Waals surface area contributed by atoms with Gasteiger partial charge in [-0.05, 0) is 25.1 Å². The molecule has 0 atom stereocenters. The van der Waals surface area contributed by atoms with Gasteiger partial charge < -0.3 is 5.11 Å². The Bertz CT molecular complexity index is 595. The largest absolute Gasteiger partial charge is 0.477 e. The van der Waals surface area contributed by atoms with E-state index in [0.717, 1.165) is 0 Å². The monoisotopic (exact) mass is 254 g/mol. The summed E-state index contributed by atoms with van der Waals surface area (Å²) in [5.41, 5.74) is 0.875. The van der Waals surface area contributed by atoms with Crippen molar-refractivity contribution in [1.82, 2.24) is 9.55 Å². The number of hydrogen-bond acceptors (Lipinski definition) is 2. The molecular weight excluding hydrogens is 247 g/mol. The number of rotatable bonds is 2. The maximum Gasteiger partial charge on any atom is 0.354 e. The summed E-state index contributed by atoms with van der Waals surface area (Å²) >= 11 is 5.65. The summed E-state index contributed by atoms with van der Waals surface area (Å²) in [6, 6.07) is 3.97. The van der Waals surface area contributed by atoms with Crippen LogP contribution in [0.1, 0.15) is 16.2 Å². The zero-order valence-corrected chi connectivity index (χ0v) is 9.57. The van der Waals surface area contributed by atoms with E-state index in [2.05, 4.69) is 4.98 Å². The summed E-state index contributed by atoms with van der Waals surface area (Å²) in [5, 5.41) is 8.99. The number of halogens is 2. The Kier molecular flexibility index (Phi) is 2.85. The molecule has 1 N–H and O–H groups in total. The van der Waals surface area contributed by atoms with Gasteiger partial charge in [0.25, 0.3) is 0 Å². The van der Waals surface area contributed by atoms with Gasteiger partial charge in [0.1, 0.15) is 12.1 Å². The second-order valence-corrected chi connectivity index (χ2v) is 3.86. The molecule has 0 aliphatic heterocycles. The first kappa shape index (κ1) is 11.6. The Labute approximate surface area is 101 Å². The van der Waals surface area contributed by atoms with E-state index >= 15 is 0 Å². The molecule has 2 aromatic rings. The van der Waals surface area contributed by atoms with Crippen LogP contribution in [0.3, 0.4) is 0 Å². The number of aromatic nitrogens is 2. The van der Waals surface area contributed by atoms with Crippen LogP contribution >= 0.6 is 11.6 Å². The lowest BCUT2D eigenvalue weighted by atomic mass is 10.3. The van der Waals surface area contributed by atoms with Crippen molar-refractivity contribution in [1.29, 1.82) is 0 Å². The first-order chi connectivity index (χ1) is 8.00. The van der Waals surface area contributed by atoms with Gasteiger partial charge in [-0.15, -0.1) is 0 Å². The van der Waals surface area contributed by atoms with Crippen molar-refractivity contribution in [3.63, 3.8) is 0 Å². The van der Waals surface area contributed by atoms with E-state index in [1.807, 2.05) is 0 Å². The SMILES string of the molecule is Cc1ncn(-c2ccc(F)c(Cl)c2)c1C(=O)O. The summed E-state index contributed by atoms with van der Waals surface area (Å²) in [6.45, 7) is 1.59. The second-order valence-electron chi connectivity index (χ2n) is 3.45. The molecule has 1 aromatic carbocycles. The van der Waals surface area contributed by atoms with Crippen LogP contribution in [-0.4, -0.2) is 20.6 Å². The quantitative estimate of drug-likeness (QED) is 0.896. The van der Waals surface area contributed by atoms with Gasteiger partial charge in [0.05, 0.1) is 10.7 Å². The minimum Gasteiger partial charge on any atom is -0.477 e. The molecule has 0 amide bonds. The predicted octanol–water partition coefficient (Wildman–Crippen LogP) is 2.67. The smallest absolute Gasteiger partial charge is 0.354 e. The molecular formula is C11H8ClFN2O2. The zero-order valence-electron chi connectivity index (χ0n) is 8.82. The van der Waals surface area contributed by atoms with Crippen molar-refractivity contribution in [3.05, 3.63) is 46.8 Å². The van der Waals surface area contributed by atoms with Gasteiger partial charge in [-0.1, -0.05) is 11.6 Å². The van der Waals surface area contributed by atoms with Gasteiger partial charge in [-0.3, -0.25) is 4.57 Å². The number of aryl methyl sites for hydroxylation is 1. The van der Waals surface area contributed by atoms with Crippen LogP contribution in [0, 0.1) is 12.7 Å². The van der Waals surface area contributed by atoms with Crippen molar-refractivity contribution in [2.45, 2.75) is 6.92 Å². The van der Waals surface area contributed by atoms with E-state index < -0.39 is 11.8 Å². The maximum absolute atomic E-state index is 13.0. The third-order valence-electron chi connectivity index (χ3n) is 2.33. The lowest BCUT2D eigenvalue weighted by Crippen LogP contribution is -2.07. The second kappa shape index (κ2) is 4.18. The molecule has 0 fully saturated rings. The van der Waals surface area contributed by atoms with Crippen LogP contribution in [0.25, 0.3) is 5.69 Å². The van der Waals surface area contributed by atoms with Crippen LogP contribution < -0.4 is 0 Å². The summed E-state index contributed by atoms with van der Waals surface area (Å²) < 4.78 is 14.4. The van der Waals surface area contributed by atoms with E-state index in [4.69, 9.17) is 16.7 Å². The lowest BCUT2D eigenvalue weighted by molar-refractivity contribution is 0.0687. The van der Waals surface area contributed by atoms with Gasteiger partial charge in [0, 0.05) is 5.69 Å². The summed E-state index contributed by atoms with van der Waals surface area (Å²) in [6.07, 6.45) is 1.36. The van der Waals surface area contributed by atoms with Crippen LogP contribution in [-0.2, 0) is 0 Å². The molecule has 0 aliphatic rings. The normalized spacial score (nSPS) is 10.5. The average molecular weight is 255 g/mol. The number of benzene rings is 1. The Morgan fingerprint density at radius 2 is 2.24 bits per heavy atom. The molecule has 0 saturated heterocycles. The van der Waals surface area contributed by atoms with E-state index in [1.54, 1.807) is 6.92 Å². The van der Waals surface area contributed by atoms with E-state index in [9.17, 15) is 9.18 Å². The molecule has 17 heavy (non-hydrogen) atoms. The van der Waals surface area contributed by atoms with Gasteiger partial charge in [-0.2, -0.15) is 0 Å². The molecule has 1 heterocycles. The van der Waals surface area contributed by atoms with Crippen LogP contribution in [0.15, 0.2) is 24.5 Å². The van der Waals surface area contributed by atoms with Crippen LogP contribution in [0.2, 0.25) is 5.02 Å². The Balaban J connectivity index is 2.60. The molecule has 6 heteroatoms. The molecule has 0 aliphatic carbocycles. The molecule has 0 radical (unpaired) electrons. The van der Waals surface area contributed by atoms with Crippen LogP contribution in [0.4, 0.5) is 4.39 Å². The van der Waals surface area contributed by atoms with E-state index in [0.29, 0.717) is 11.4 Å². The Morgan fingerprint density at radius 1 is 1.53 bits per heavy atom. The highest BCUT2D eigenvalue weighted by molar-refractivity contribution is 6.30. The summed E-state index contributed by atoms with van der Waals surface area (Å²) in [5.74, 6) is -1.65. The molecule has 0 spiro atoms. The fourth-order valence-corrected chi connectivity index (χ4v) is 1.70. The molecule has 4 nitrogen and oxygen atoms in total. The lowest BCUT2D eigenvalue weighted by Gasteiger charge is -2.06. The van der Waals surface area contributed by atoms with Crippen molar-refractivity contribution in [2.24, 2.45) is 0 Å². The van der Waals surface area contributed by atoms with Crippen molar-refractivity contribution >= 4 is 17.6 Å². The zero-order chi connectivity index (χ0) is 12.6. The van der Waals surface area contributed by atoms with Gasteiger partial charge in [0.15, 0.2) is 5.69 Å². The predicted molar refractivity (Wildman–Crippen MR) is 60.2 cm³/mol. The minimum absolute atomic E-state index is 0.0349. The number of imidazole rings is 1. The highest BCUT2D eigenvalue weighted by Gasteiger charge is 2.16. The third-order valence-corrected chi connectivity index (χ3v) is 2.62. The maximum atomic E-state index is 13.0. The molecule has 88 valence electrons. The van der Waals surface area contributed by atoms with Crippen molar-refractivity contribution < 1.29 is 14.3 Å². The fourth-order valence-electron chi connectivity index (χ4n) is 1.53. The number of carboxylic acids is 1. The Hall–Kier alpha value is -1.88. The van der Waals surface area contributed by atoms with Gasteiger partial charge >= 0.3 is 5.97 Å². The molecule has 0 bridgehead atoms. The van der Waals surface area contributed by atoms with E-state index in [-0.39, 0.29) is 10.7 Å². The molecule has 1 aromatic heterocycles. The highest BCUT2D eigenvalue weighted by atomic mass is 35.5. The highest BCUT2D eigenvalue weighted by Crippen LogP contribution is 2.21. The topological polar surface area (TPSA) is 55.1 Å². The molecule has 0 unspecified atom stereocenters. The minimum atomic E-state index is -1.10. The number of carbonyl (C=O) groups is 1. The van der Waals surface area contributed by atoms with Crippen LogP contribution in [0.5, 0.6) is 0 Å². The number of carboxylic acid groups (broad SMARTS) is 1. The molecule has 2 rings (SSSR count). The number of aromatic carboxylic acids is 1. The van der Waals surface area contributed by atoms with Gasteiger partial charge in [-0.25, -0.2) is 14.2 Å². The first-order valence-corrected chi connectivity index (χ1v) is 5.11. The molecule has 0 saturated carbocycles. The van der Waals surface area contributed by atoms with E-state index in [1.165, 1.54) is 29.1 Å². The van der Waals surface area contributed by atoms with Crippen molar-refractivity contribution in [3.8, 4) is 5.69 Å². The summed E-state index contributed by atoms with van der Waals surface area (Å²) in [4.78, 5) is 15.0. The average Bonchev–Trinajstić information content (AvgIpc) is 2.64. The standard InChI is InChI=1S/C11H8ClFN2O2/c1-6-10(11(16)17)15(5-14-6)7-2-3-9(13)8(12)4-7/h2-5H,1H3,(H,16,17). The third kappa shape index (κ3) is 2.01. The Morgan fingerprint density at radius 3 is 2.82 bits per heavy atom.